The molecule has 0 saturated carbocycles. The summed E-state index contributed by atoms with van der Waals surface area (Å²) in [6, 6.07) is 0. The Bertz CT molecular complexity index is 102. The molecule has 0 aliphatic heterocycles. The first-order valence-corrected chi connectivity index (χ1v) is 11.9. The Kier molecular flexibility index (Phi) is 12.8. The van der Waals surface area contributed by atoms with E-state index in [-0.39, 0.29) is 0 Å². The van der Waals surface area contributed by atoms with Crippen LogP contribution in [0.1, 0.15) is 0 Å². The van der Waals surface area contributed by atoms with Gasteiger partial charge >= 0.3 is 0 Å². The Morgan fingerprint density at radius 1 is 1.08 bits per heavy atom. The molecule has 0 aromatic heterocycles. The maximum atomic E-state index is 6.75. The van der Waals surface area contributed by atoms with Gasteiger partial charge in [-0.05, 0) is 19.6 Å². The molecule has 13 heavy (non-hydrogen) atoms. The van der Waals surface area contributed by atoms with E-state index in [1.165, 1.54) is 0 Å². The molecule has 0 atom stereocenters. The molecule has 80 valence electrons. The fraction of sp³-hybridized carbons (Fsp3) is 0.750. The maximum absolute atomic E-state index is 6.75. The zero-order valence-electron chi connectivity index (χ0n) is 9.65. The van der Waals surface area contributed by atoms with Crippen molar-refractivity contribution in [2.24, 2.45) is 0 Å². The molecule has 0 amide bonds. The number of rotatable bonds is 1. The average molecular weight is 243 g/mol. The van der Waals surface area contributed by atoms with E-state index < -0.39 is 15.7 Å². The number of halogens is 1. The van der Waals surface area contributed by atoms with Crippen molar-refractivity contribution < 1.29 is 9.22 Å². The highest BCUT2D eigenvalue weighted by Gasteiger charge is 2.15. The van der Waals surface area contributed by atoms with Crippen LogP contribution in [-0.4, -0.2) is 27.3 Å². The summed E-state index contributed by atoms with van der Waals surface area (Å²) in [5.74, 6) is 0. The lowest BCUT2D eigenvalue weighted by molar-refractivity contribution is 0.471. The van der Waals surface area contributed by atoms with Gasteiger partial charge in [0.05, 0.1) is 0 Å². The maximum Gasteiger partial charge on any atom is 0.270 e. The molecule has 0 aliphatic rings. The summed E-state index contributed by atoms with van der Waals surface area (Å²) < 4.78 is 4.83. The van der Waals surface area contributed by atoms with Gasteiger partial charge in [-0.1, -0.05) is 19.6 Å². The quantitative estimate of drug-likeness (QED) is 0.300. The lowest BCUT2D eigenvalue weighted by Crippen LogP contribution is -2.21. The van der Waals surface area contributed by atoms with Gasteiger partial charge in [0.1, 0.15) is 7.38 Å². The normalized spacial score (nSPS) is 10.4. The predicted octanol–water partition coefficient (Wildman–Crippen LogP) is 3.48. The van der Waals surface area contributed by atoms with E-state index >= 15 is 0 Å². The lowest BCUT2D eigenvalue weighted by atomic mass is 11.8. The molecule has 0 radical (unpaired) electrons. The van der Waals surface area contributed by atoms with E-state index in [2.05, 4.69) is 53.2 Å². The first-order valence-electron chi connectivity index (χ1n) is 4.00. The summed E-state index contributed by atoms with van der Waals surface area (Å²) in [5.41, 5.74) is 0. The summed E-state index contributed by atoms with van der Waals surface area (Å²) in [4.78, 5) is 6.75. The lowest BCUT2D eigenvalue weighted by Gasteiger charge is -2.02. The van der Waals surface area contributed by atoms with Gasteiger partial charge < -0.3 is 0 Å². The number of hydrogen-bond donors (Lipinski definition) is 0. The van der Waals surface area contributed by atoms with Crippen LogP contribution in [0.5, 0.6) is 0 Å². The summed E-state index contributed by atoms with van der Waals surface area (Å²) in [6.07, 6.45) is 0. The Hall–Kier alpha value is 0.224. The Labute approximate surface area is 89.5 Å². The van der Waals surface area contributed by atoms with Crippen LogP contribution < -0.4 is 0 Å². The third-order valence-corrected chi connectivity index (χ3v) is 1.30. The highest BCUT2D eigenvalue weighted by molar-refractivity contribution is 7.18. The minimum atomic E-state index is -1.24. The van der Waals surface area contributed by atoms with Crippen molar-refractivity contribution in [3.8, 4) is 0 Å². The van der Waals surface area contributed by atoms with Crippen LogP contribution in [0.15, 0.2) is 0 Å². The second-order valence-electron chi connectivity index (χ2n) is 4.32. The van der Waals surface area contributed by atoms with Gasteiger partial charge in [0.15, 0.2) is 7.11 Å². The van der Waals surface area contributed by atoms with Crippen molar-refractivity contribution in [2.45, 2.75) is 39.3 Å². The summed E-state index contributed by atoms with van der Waals surface area (Å²) >= 11 is 5.67. The summed E-state index contributed by atoms with van der Waals surface area (Å²) in [6.45, 7) is 14.8. The highest BCUT2D eigenvalue weighted by atomic mass is 35.6. The van der Waals surface area contributed by atoms with E-state index in [1.807, 2.05) is 0 Å². The fourth-order valence-corrected chi connectivity index (χ4v) is 0. The van der Waals surface area contributed by atoms with Crippen LogP contribution in [0.2, 0.25) is 39.3 Å². The monoisotopic (exact) mass is 242 g/mol. The topological polar surface area (TPSA) is 30.6 Å². The third kappa shape index (κ3) is 123. The predicted molar refractivity (Wildman–Crippen MR) is 68.0 cm³/mol. The van der Waals surface area contributed by atoms with E-state index in [0.29, 0.717) is 0 Å². The summed E-state index contributed by atoms with van der Waals surface area (Å²) in [7, 11) is 0.938. The number of carbonyl (C=O) groups excluding carboxylic acids is 1. The molecular formula is C8H23ClO2Si2+2. The van der Waals surface area contributed by atoms with E-state index in [1.54, 1.807) is 0 Å². The molecule has 0 rings (SSSR count). The van der Waals surface area contributed by atoms with Crippen LogP contribution in [0.4, 0.5) is 0 Å². The summed E-state index contributed by atoms with van der Waals surface area (Å²) in [5, 5.41) is 0. The molecule has 0 aromatic rings. The zero-order chi connectivity index (χ0) is 11.7. The van der Waals surface area contributed by atoms with Gasteiger partial charge in [-0.2, -0.15) is 11.1 Å². The van der Waals surface area contributed by atoms with E-state index in [0.717, 1.165) is 0 Å². The van der Waals surface area contributed by atoms with Crippen LogP contribution in [0, 0.1) is 7.11 Å². The van der Waals surface area contributed by atoms with Gasteiger partial charge in [-0.15, -0.1) is 0 Å². The van der Waals surface area contributed by atoms with Gasteiger partial charge in [-0.3, -0.25) is 4.79 Å². The molecule has 2 nitrogen and oxygen atoms in total. The first kappa shape index (κ1) is 18.9. The SMILES string of the molecule is C=[OH+].C[Si](C)(C)Cl.[CH2+]O[Si](C)(C)C. The van der Waals surface area contributed by atoms with Crippen LogP contribution in [0.25, 0.3) is 0 Å². The van der Waals surface area contributed by atoms with Crippen LogP contribution in [0.3, 0.4) is 0 Å². The molecule has 0 spiro atoms. The molecule has 0 unspecified atom stereocenters. The molecular weight excluding hydrogens is 220 g/mol. The molecule has 0 heterocycles. The van der Waals surface area contributed by atoms with Crippen LogP contribution in [-0.2, 0) is 4.43 Å². The second-order valence-corrected chi connectivity index (χ2v) is 16.4. The van der Waals surface area contributed by atoms with Gasteiger partial charge in [-0.25, -0.2) is 4.43 Å². The molecule has 1 N–H and O–H groups in total. The van der Waals surface area contributed by atoms with Crippen molar-refractivity contribution in [1.29, 1.82) is 0 Å². The van der Waals surface area contributed by atoms with Crippen molar-refractivity contribution in [1.82, 2.24) is 0 Å². The Balaban J connectivity index is -0.000000131. The van der Waals surface area contributed by atoms with E-state index in [9.17, 15) is 0 Å². The first-order chi connectivity index (χ1) is 5.56. The number of hydrogen-bond acceptors (Lipinski definition) is 1. The van der Waals surface area contributed by atoms with Gasteiger partial charge in [0.2, 0.25) is 0 Å². The third-order valence-electron chi connectivity index (χ3n) is 0.433. The fourth-order valence-electron chi connectivity index (χ4n) is 0. The molecule has 0 fully saturated rings. The largest absolute Gasteiger partial charge is 0.290 e. The molecule has 0 saturated heterocycles. The van der Waals surface area contributed by atoms with Crippen molar-refractivity contribution >= 4 is 33.6 Å². The molecule has 0 bridgehead atoms. The molecule has 0 aromatic carbocycles. The van der Waals surface area contributed by atoms with Crippen LogP contribution >= 0.6 is 11.1 Å². The van der Waals surface area contributed by atoms with E-state index in [4.69, 9.17) is 20.3 Å². The second kappa shape index (κ2) is 8.81. The highest BCUT2D eigenvalue weighted by Crippen LogP contribution is 2.03. The molecule has 5 heteroatoms. The van der Waals surface area contributed by atoms with Gasteiger partial charge in [0, 0.05) is 0 Å². The Morgan fingerprint density at radius 2 is 1.15 bits per heavy atom. The molecule has 0 aliphatic carbocycles. The zero-order valence-corrected chi connectivity index (χ0v) is 12.4. The van der Waals surface area contributed by atoms with Crippen molar-refractivity contribution in [2.75, 3.05) is 0 Å². The van der Waals surface area contributed by atoms with Crippen molar-refractivity contribution in [3.05, 3.63) is 7.11 Å². The standard InChI is InChI=1S/C4H11OSi.C3H9ClSi.CH2O/c1-5-6(2,3)4;1-5(2,3)4;1-2/h1H2,2-4H3;1-3H3;1H2/q+1;;/p+1. The minimum absolute atomic E-state index is 1.14. The average Bonchev–Trinajstić information content (AvgIpc) is 1.87. The smallest absolute Gasteiger partial charge is 0.270 e. The van der Waals surface area contributed by atoms with Gasteiger partial charge in [0.25, 0.3) is 15.1 Å². The van der Waals surface area contributed by atoms with Crippen molar-refractivity contribution in [3.63, 3.8) is 0 Å². The minimum Gasteiger partial charge on any atom is -0.290 e. The Morgan fingerprint density at radius 3 is 1.15 bits per heavy atom.